The lowest BCUT2D eigenvalue weighted by atomic mass is 10.1. The molecule has 158 valence electrons. The Hall–Kier alpha value is -3.31. The molecule has 1 aliphatic rings. The first-order valence-electron chi connectivity index (χ1n) is 8.90. The van der Waals surface area contributed by atoms with E-state index in [2.05, 4.69) is 0 Å². The SMILES string of the molecule is O=c1cc(-c2ccc(O)c(O)c2)oc2cc(OC3OCC(O)C(O)C3O)cc(O)c12. The first-order chi connectivity index (χ1) is 14.2. The molecule has 3 aromatic rings. The van der Waals surface area contributed by atoms with E-state index >= 15 is 0 Å². The van der Waals surface area contributed by atoms with Crippen molar-refractivity contribution < 1.29 is 44.5 Å². The van der Waals surface area contributed by atoms with Crippen LogP contribution in [0.25, 0.3) is 22.3 Å². The van der Waals surface area contributed by atoms with Gasteiger partial charge >= 0.3 is 0 Å². The van der Waals surface area contributed by atoms with Gasteiger partial charge in [0.15, 0.2) is 16.9 Å². The molecular weight excluding hydrogens is 400 g/mol. The number of aromatic hydroxyl groups is 3. The lowest BCUT2D eigenvalue weighted by molar-refractivity contribution is -0.242. The van der Waals surface area contributed by atoms with Gasteiger partial charge in [0.1, 0.15) is 46.5 Å². The summed E-state index contributed by atoms with van der Waals surface area (Å²) in [6.07, 6.45) is -5.63. The zero-order chi connectivity index (χ0) is 21.6. The van der Waals surface area contributed by atoms with Gasteiger partial charge in [-0.3, -0.25) is 4.79 Å². The molecule has 1 aromatic heterocycles. The van der Waals surface area contributed by atoms with Crippen LogP contribution in [0.1, 0.15) is 0 Å². The fourth-order valence-electron chi connectivity index (χ4n) is 3.15. The van der Waals surface area contributed by atoms with Crippen LogP contribution in [0.3, 0.4) is 0 Å². The van der Waals surface area contributed by atoms with Gasteiger partial charge in [-0.25, -0.2) is 0 Å². The molecule has 10 nitrogen and oxygen atoms in total. The standard InChI is InChI=1S/C20H18O10/c21-10-2-1-8(3-11(10)22)15-6-13(24)17-12(23)4-9(5-16(17)30-15)29-20-19(27)18(26)14(25)7-28-20/h1-6,14,18-23,25-27H,7H2. The van der Waals surface area contributed by atoms with Crippen LogP contribution in [-0.2, 0) is 4.74 Å². The van der Waals surface area contributed by atoms with E-state index in [1.54, 1.807) is 0 Å². The second-order valence-electron chi connectivity index (χ2n) is 6.86. The van der Waals surface area contributed by atoms with Crippen molar-refractivity contribution in [3.63, 3.8) is 0 Å². The minimum absolute atomic E-state index is 0.0264. The van der Waals surface area contributed by atoms with Gasteiger partial charge in [-0.15, -0.1) is 0 Å². The molecule has 6 N–H and O–H groups in total. The Balaban J connectivity index is 1.73. The van der Waals surface area contributed by atoms with Gasteiger partial charge in [-0.2, -0.15) is 0 Å². The van der Waals surface area contributed by atoms with E-state index in [1.807, 2.05) is 0 Å². The summed E-state index contributed by atoms with van der Waals surface area (Å²) in [7, 11) is 0. The van der Waals surface area contributed by atoms with Gasteiger partial charge in [-0.1, -0.05) is 0 Å². The van der Waals surface area contributed by atoms with Crippen molar-refractivity contribution in [1.82, 2.24) is 0 Å². The van der Waals surface area contributed by atoms with Crippen LogP contribution >= 0.6 is 0 Å². The number of ether oxygens (including phenoxy) is 2. The Morgan fingerprint density at radius 3 is 2.40 bits per heavy atom. The first-order valence-corrected chi connectivity index (χ1v) is 8.90. The Bertz CT molecular complexity index is 1150. The highest BCUT2D eigenvalue weighted by Crippen LogP contribution is 2.34. The number of hydrogen-bond acceptors (Lipinski definition) is 10. The average molecular weight is 418 g/mol. The average Bonchev–Trinajstić information content (AvgIpc) is 2.70. The monoisotopic (exact) mass is 418 g/mol. The zero-order valence-electron chi connectivity index (χ0n) is 15.3. The smallest absolute Gasteiger partial charge is 0.228 e. The van der Waals surface area contributed by atoms with Crippen molar-refractivity contribution in [2.24, 2.45) is 0 Å². The van der Waals surface area contributed by atoms with E-state index in [-0.39, 0.29) is 34.8 Å². The number of benzene rings is 2. The van der Waals surface area contributed by atoms with Crippen LogP contribution < -0.4 is 10.2 Å². The number of aliphatic hydroxyl groups is 3. The number of phenols is 3. The maximum atomic E-state index is 12.5. The maximum Gasteiger partial charge on any atom is 0.228 e. The van der Waals surface area contributed by atoms with Gasteiger partial charge in [0.2, 0.25) is 6.29 Å². The van der Waals surface area contributed by atoms with E-state index in [1.165, 1.54) is 24.3 Å². The molecule has 0 radical (unpaired) electrons. The molecule has 0 bridgehead atoms. The van der Waals surface area contributed by atoms with Crippen molar-refractivity contribution in [2.75, 3.05) is 6.61 Å². The molecule has 4 atom stereocenters. The number of phenolic OH excluding ortho intramolecular Hbond substituents is 3. The van der Waals surface area contributed by atoms with Gasteiger partial charge in [0.05, 0.1) is 6.61 Å². The lowest BCUT2D eigenvalue weighted by Gasteiger charge is -2.34. The molecule has 1 aliphatic heterocycles. The molecule has 0 aliphatic carbocycles. The van der Waals surface area contributed by atoms with Crippen molar-refractivity contribution >= 4 is 11.0 Å². The summed E-state index contributed by atoms with van der Waals surface area (Å²) in [6, 6.07) is 7.40. The Morgan fingerprint density at radius 2 is 1.67 bits per heavy atom. The summed E-state index contributed by atoms with van der Waals surface area (Å²) in [4.78, 5) is 12.5. The minimum Gasteiger partial charge on any atom is -0.507 e. The topological polar surface area (TPSA) is 170 Å². The summed E-state index contributed by atoms with van der Waals surface area (Å²) in [5, 5.41) is 58.5. The molecule has 2 heterocycles. The fourth-order valence-corrected chi connectivity index (χ4v) is 3.15. The Kier molecular flexibility index (Phi) is 5.00. The van der Waals surface area contributed by atoms with Crippen molar-refractivity contribution in [2.45, 2.75) is 24.6 Å². The van der Waals surface area contributed by atoms with E-state index < -0.39 is 41.5 Å². The molecule has 1 fully saturated rings. The summed E-state index contributed by atoms with van der Waals surface area (Å²) in [5.74, 6) is -1.15. The predicted octanol–water partition coefficient (Wildman–Crippen LogP) is 0.395. The van der Waals surface area contributed by atoms with Crippen molar-refractivity contribution in [1.29, 1.82) is 0 Å². The van der Waals surface area contributed by atoms with Crippen LogP contribution in [0.15, 0.2) is 45.6 Å². The maximum absolute atomic E-state index is 12.5. The van der Waals surface area contributed by atoms with Gasteiger partial charge in [-0.05, 0) is 18.2 Å². The van der Waals surface area contributed by atoms with E-state index in [0.29, 0.717) is 5.56 Å². The van der Waals surface area contributed by atoms with Gasteiger partial charge in [0, 0.05) is 23.8 Å². The fraction of sp³-hybridized carbons (Fsp3) is 0.250. The number of hydrogen-bond donors (Lipinski definition) is 6. The van der Waals surface area contributed by atoms with Gasteiger partial charge in [0.25, 0.3) is 0 Å². The molecule has 2 aromatic carbocycles. The highest BCUT2D eigenvalue weighted by atomic mass is 16.7. The normalized spacial score (nSPS) is 24.1. The molecular formula is C20H18O10. The number of rotatable bonds is 3. The summed E-state index contributed by atoms with van der Waals surface area (Å²) < 4.78 is 16.3. The molecule has 0 spiro atoms. The second-order valence-corrected chi connectivity index (χ2v) is 6.86. The largest absolute Gasteiger partial charge is 0.507 e. The third-order valence-corrected chi connectivity index (χ3v) is 4.75. The van der Waals surface area contributed by atoms with E-state index in [0.717, 1.165) is 12.1 Å². The van der Waals surface area contributed by atoms with E-state index in [9.17, 15) is 35.4 Å². The Morgan fingerprint density at radius 1 is 0.900 bits per heavy atom. The molecule has 0 amide bonds. The molecule has 1 saturated heterocycles. The van der Waals surface area contributed by atoms with Crippen LogP contribution in [0, 0.1) is 0 Å². The first kappa shape index (κ1) is 20.0. The van der Waals surface area contributed by atoms with Crippen LogP contribution in [0.5, 0.6) is 23.0 Å². The quantitative estimate of drug-likeness (QED) is 0.327. The predicted molar refractivity (Wildman–Crippen MR) is 101 cm³/mol. The molecule has 4 rings (SSSR count). The molecule has 30 heavy (non-hydrogen) atoms. The Labute approximate surface area is 168 Å². The number of fused-ring (bicyclic) bond motifs is 1. The third kappa shape index (κ3) is 3.53. The van der Waals surface area contributed by atoms with Crippen LogP contribution in [0.2, 0.25) is 0 Å². The summed E-state index contributed by atoms with van der Waals surface area (Å²) in [6.45, 7) is -0.272. The zero-order valence-corrected chi connectivity index (χ0v) is 15.3. The van der Waals surface area contributed by atoms with Crippen molar-refractivity contribution in [3.8, 4) is 34.3 Å². The second kappa shape index (κ2) is 7.50. The third-order valence-electron chi connectivity index (χ3n) is 4.75. The van der Waals surface area contributed by atoms with E-state index in [4.69, 9.17) is 13.9 Å². The molecule has 10 heteroatoms. The minimum atomic E-state index is -1.55. The van der Waals surface area contributed by atoms with Crippen LogP contribution in [0.4, 0.5) is 0 Å². The summed E-state index contributed by atoms with van der Waals surface area (Å²) in [5.41, 5.74) is -0.306. The van der Waals surface area contributed by atoms with Gasteiger partial charge < -0.3 is 44.5 Å². The molecule has 4 unspecified atom stereocenters. The summed E-state index contributed by atoms with van der Waals surface area (Å²) >= 11 is 0. The highest BCUT2D eigenvalue weighted by molar-refractivity contribution is 5.86. The van der Waals surface area contributed by atoms with Crippen LogP contribution in [-0.4, -0.2) is 61.8 Å². The lowest BCUT2D eigenvalue weighted by Crippen LogP contribution is -2.54. The highest BCUT2D eigenvalue weighted by Gasteiger charge is 2.39. The van der Waals surface area contributed by atoms with Crippen molar-refractivity contribution in [3.05, 3.63) is 46.6 Å². The number of aliphatic hydroxyl groups excluding tert-OH is 3. The molecule has 0 saturated carbocycles.